The molecule has 33 heavy (non-hydrogen) atoms. The molecule has 0 saturated carbocycles. The molecule has 2 aromatic carbocycles. The van der Waals surface area contributed by atoms with Crippen molar-refractivity contribution in [1.82, 2.24) is 14.9 Å². The van der Waals surface area contributed by atoms with Crippen molar-refractivity contribution < 1.29 is 23.8 Å². The van der Waals surface area contributed by atoms with E-state index in [1.165, 1.54) is 18.5 Å². The van der Waals surface area contributed by atoms with Crippen LogP contribution in [0.4, 0.5) is 15.9 Å². The van der Waals surface area contributed by atoms with Gasteiger partial charge in [-0.1, -0.05) is 11.6 Å². The van der Waals surface area contributed by atoms with Crippen molar-refractivity contribution in [2.75, 3.05) is 31.7 Å². The molecule has 1 fully saturated rings. The van der Waals surface area contributed by atoms with Crippen LogP contribution in [0.5, 0.6) is 11.5 Å². The lowest BCUT2D eigenvalue weighted by atomic mass is 10.2. The Hall–Kier alpha value is -3.17. The minimum Gasteiger partial charge on any atom is -0.494 e. The number of likely N-dealkylation sites (tertiary alicyclic amines) is 1. The molecule has 2 N–H and O–H groups in total. The van der Waals surface area contributed by atoms with Crippen LogP contribution in [-0.2, 0) is 4.79 Å². The average Bonchev–Trinajstić information content (AvgIpc) is 3.28. The van der Waals surface area contributed by atoms with Crippen molar-refractivity contribution in [1.29, 1.82) is 0 Å². The lowest BCUT2D eigenvalue weighted by Crippen LogP contribution is -2.40. The van der Waals surface area contributed by atoms with Crippen molar-refractivity contribution >= 4 is 39.9 Å². The zero-order valence-electron chi connectivity index (χ0n) is 18.1. The number of anilines is 2. The fourth-order valence-electron chi connectivity index (χ4n) is 3.91. The molecule has 1 aliphatic rings. The first-order chi connectivity index (χ1) is 16.0. The maximum absolute atomic E-state index is 13.6. The van der Waals surface area contributed by atoms with E-state index in [4.69, 9.17) is 21.1 Å². The second-order valence-electron chi connectivity index (χ2n) is 7.58. The summed E-state index contributed by atoms with van der Waals surface area (Å²) in [6.45, 7) is 2.66. The summed E-state index contributed by atoms with van der Waals surface area (Å²) in [6.07, 6.45) is 3.04. The smallest absolute Gasteiger partial charge is 0.248 e. The van der Waals surface area contributed by atoms with Crippen LogP contribution in [-0.4, -0.2) is 58.3 Å². The van der Waals surface area contributed by atoms with Crippen molar-refractivity contribution in [2.45, 2.75) is 25.8 Å². The van der Waals surface area contributed by atoms with Gasteiger partial charge in [-0.3, -0.25) is 4.79 Å². The van der Waals surface area contributed by atoms with Crippen LogP contribution < -0.4 is 14.8 Å². The van der Waals surface area contributed by atoms with Crippen LogP contribution in [0.3, 0.4) is 0 Å². The van der Waals surface area contributed by atoms with E-state index in [2.05, 4.69) is 15.3 Å². The number of halogens is 2. The molecule has 4 rings (SSSR count). The second-order valence-corrected chi connectivity index (χ2v) is 7.98. The van der Waals surface area contributed by atoms with Gasteiger partial charge in [0.05, 0.1) is 28.6 Å². The van der Waals surface area contributed by atoms with Crippen molar-refractivity contribution in [3.63, 3.8) is 0 Å². The Morgan fingerprint density at radius 1 is 1.30 bits per heavy atom. The third-order valence-electron chi connectivity index (χ3n) is 5.43. The van der Waals surface area contributed by atoms with Crippen LogP contribution in [0.25, 0.3) is 10.9 Å². The fourth-order valence-corrected chi connectivity index (χ4v) is 4.09. The van der Waals surface area contributed by atoms with Gasteiger partial charge >= 0.3 is 0 Å². The molecular formula is C23H24ClFN4O4. The van der Waals surface area contributed by atoms with Gasteiger partial charge in [0.1, 0.15) is 42.7 Å². The number of aliphatic hydroxyl groups is 1. The quantitative estimate of drug-likeness (QED) is 0.510. The minimum atomic E-state index is -0.526. The molecule has 2 heterocycles. The number of fused-ring (bicyclic) bond motifs is 1. The molecule has 0 radical (unpaired) electrons. The Labute approximate surface area is 195 Å². The van der Waals surface area contributed by atoms with Crippen LogP contribution >= 0.6 is 11.6 Å². The van der Waals surface area contributed by atoms with E-state index in [9.17, 15) is 14.3 Å². The monoisotopic (exact) mass is 474 g/mol. The van der Waals surface area contributed by atoms with Gasteiger partial charge in [-0.05, 0) is 38.0 Å². The van der Waals surface area contributed by atoms with E-state index in [-0.39, 0.29) is 23.6 Å². The first-order valence-electron chi connectivity index (χ1n) is 10.7. The molecule has 3 aromatic rings. The SMILES string of the molecule is CCOc1cc(OC[C@H]2CCCN2C(=O)CO)c2c(Nc3ccc(F)c(Cl)c3)ncnc2c1. The summed E-state index contributed by atoms with van der Waals surface area (Å²) in [5.74, 6) is 0.696. The predicted molar refractivity (Wildman–Crippen MR) is 123 cm³/mol. The van der Waals surface area contributed by atoms with Crippen molar-refractivity contribution in [3.8, 4) is 11.5 Å². The zero-order valence-corrected chi connectivity index (χ0v) is 18.8. The summed E-state index contributed by atoms with van der Waals surface area (Å²) in [7, 11) is 0. The highest BCUT2D eigenvalue weighted by molar-refractivity contribution is 6.31. The van der Waals surface area contributed by atoms with Gasteiger partial charge < -0.3 is 24.8 Å². The van der Waals surface area contributed by atoms with Crippen LogP contribution in [0.2, 0.25) is 5.02 Å². The fraction of sp³-hybridized carbons (Fsp3) is 0.348. The largest absolute Gasteiger partial charge is 0.494 e. The molecule has 0 unspecified atom stereocenters. The second kappa shape index (κ2) is 10.2. The molecular weight excluding hydrogens is 451 g/mol. The third-order valence-corrected chi connectivity index (χ3v) is 5.72. The molecule has 10 heteroatoms. The third kappa shape index (κ3) is 5.09. The van der Waals surface area contributed by atoms with Crippen molar-refractivity contribution in [3.05, 3.63) is 47.5 Å². The highest BCUT2D eigenvalue weighted by atomic mass is 35.5. The summed E-state index contributed by atoms with van der Waals surface area (Å²) in [6, 6.07) is 7.69. The topological polar surface area (TPSA) is 96.8 Å². The van der Waals surface area contributed by atoms with E-state index >= 15 is 0 Å². The number of aromatic nitrogens is 2. The molecule has 1 aliphatic heterocycles. The van der Waals surface area contributed by atoms with E-state index in [1.807, 2.05) is 6.92 Å². The molecule has 1 atom stereocenters. The Bertz CT molecular complexity index is 1160. The Morgan fingerprint density at radius 2 is 2.15 bits per heavy atom. The summed E-state index contributed by atoms with van der Waals surface area (Å²) in [5.41, 5.74) is 1.15. The molecule has 8 nitrogen and oxygen atoms in total. The number of ether oxygens (including phenoxy) is 2. The van der Waals surface area contributed by atoms with E-state index < -0.39 is 12.4 Å². The maximum Gasteiger partial charge on any atom is 0.248 e. The minimum absolute atomic E-state index is 0.0108. The summed E-state index contributed by atoms with van der Waals surface area (Å²) >= 11 is 5.92. The number of amides is 1. The summed E-state index contributed by atoms with van der Waals surface area (Å²) in [5, 5.41) is 13.0. The molecule has 1 saturated heterocycles. The van der Waals surface area contributed by atoms with Gasteiger partial charge in [-0.15, -0.1) is 0 Å². The molecule has 174 valence electrons. The maximum atomic E-state index is 13.6. The Morgan fingerprint density at radius 3 is 2.91 bits per heavy atom. The summed E-state index contributed by atoms with van der Waals surface area (Å²) in [4.78, 5) is 22.4. The highest BCUT2D eigenvalue weighted by Crippen LogP contribution is 2.36. The number of carbonyl (C=O) groups excluding carboxylic acids is 1. The first-order valence-corrected chi connectivity index (χ1v) is 11.0. The van der Waals surface area contributed by atoms with E-state index in [1.54, 1.807) is 23.1 Å². The van der Waals surface area contributed by atoms with Gasteiger partial charge in [-0.25, -0.2) is 14.4 Å². The number of benzene rings is 2. The van der Waals surface area contributed by atoms with Gasteiger partial charge in [0.2, 0.25) is 5.91 Å². The van der Waals surface area contributed by atoms with E-state index in [0.717, 1.165) is 12.8 Å². The Kier molecular flexibility index (Phi) is 7.10. The predicted octanol–water partition coefficient (Wildman–Crippen LogP) is 3.93. The normalized spacial score (nSPS) is 15.6. The molecule has 1 aromatic heterocycles. The standard InChI is InChI=1S/C23H24ClFN4O4/c1-2-32-16-9-19-22(20(10-16)33-12-15-4-3-7-29(15)21(31)11-30)23(27-13-26-19)28-14-5-6-18(25)17(24)8-14/h5-6,8-10,13,15,30H,2-4,7,11-12H2,1H3,(H,26,27,28)/t15-/m1/s1. The van der Waals surface area contributed by atoms with Crippen LogP contribution in [0.1, 0.15) is 19.8 Å². The van der Waals surface area contributed by atoms with Gasteiger partial charge in [0, 0.05) is 24.4 Å². The van der Waals surface area contributed by atoms with Gasteiger partial charge in [-0.2, -0.15) is 0 Å². The van der Waals surface area contributed by atoms with Crippen molar-refractivity contribution in [2.24, 2.45) is 0 Å². The molecule has 0 spiro atoms. The number of rotatable bonds is 8. The first kappa shape index (κ1) is 23.0. The number of hydrogen-bond acceptors (Lipinski definition) is 7. The number of nitrogens with one attached hydrogen (secondary N) is 1. The number of nitrogens with zero attached hydrogens (tertiary/aromatic N) is 3. The molecule has 1 amide bonds. The van der Waals surface area contributed by atoms with Crippen LogP contribution in [0, 0.1) is 5.82 Å². The van der Waals surface area contributed by atoms with E-state index in [0.29, 0.717) is 47.1 Å². The number of carbonyl (C=O) groups is 1. The average molecular weight is 475 g/mol. The number of aliphatic hydroxyl groups excluding tert-OH is 1. The lowest BCUT2D eigenvalue weighted by Gasteiger charge is -2.24. The highest BCUT2D eigenvalue weighted by Gasteiger charge is 2.29. The Balaban J connectivity index is 1.68. The van der Waals surface area contributed by atoms with Crippen LogP contribution in [0.15, 0.2) is 36.7 Å². The lowest BCUT2D eigenvalue weighted by molar-refractivity contribution is -0.135. The van der Waals surface area contributed by atoms with Gasteiger partial charge in [0.15, 0.2) is 0 Å². The molecule has 0 aliphatic carbocycles. The molecule has 0 bridgehead atoms. The number of hydrogen-bond donors (Lipinski definition) is 2. The summed E-state index contributed by atoms with van der Waals surface area (Å²) < 4.78 is 25.4. The zero-order chi connectivity index (χ0) is 23.4. The van der Waals surface area contributed by atoms with Gasteiger partial charge in [0.25, 0.3) is 0 Å².